The van der Waals surface area contributed by atoms with Crippen LogP contribution in [0.1, 0.15) is 40.0 Å². The Bertz CT molecular complexity index is 373. The number of hydrogen-bond donors (Lipinski definition) is 2. The van der Waals surface area contributed by atoms with Crippen LogP contribution in [-0.4, -0.2) is 46.9 Å². The maximum Gasteiger partial charge on any atom is 0.326 e. The Kier molecular flexibility index (Phi) is 4.91. The summed E-state index contributed by atoms with van der Waals surface area (Å²) in [6, 6.07) is -0.703. The van der Waals surface area contributed by atoms with Crippen LogP contribution in [0, 0.1) is 5.41 Å². The standard InChI is InChI=1S/C13H22N2O4/c1-13(2,3)12(19)14-7-6-10(16)15-8-4-5-9(15)11(17)18/h9H,4-8H2,1-3H3,(H,14,19)(H,17,18)/t9-/m0/s1. The SMILES string of the molecule is CC(C)(C)C(=O)NCCC(=O)N1CCC[C@H]1C(=O)O. The van der Waals surface area contributed by atoms with E-state index in [-0.39, 0.29) is 24.8 Å². The van der Waals surface area contributed by atoms with Gasteiger partial charge in [0.25, 0.3) is 0 Å². The second kappa shape index (κ2) is 6.04. The third-order valence-corrected chi connectivity index (χ3v) is 3.16. The molecule has 1 aliphatic heterocycles. The van der Waals surface area contributed by atoms with Crippen LogP contribution in [0.15, 0.2) is 0 Å². The molecule has 0 bridgehead atoms. The van der Waals surface area contributed by atoms with E-state index in [1.54, 1.807) is 20.8 Å². The molecule has 0 aliphatic carbocycles. The smallest absolute Gasteiger partial charge is 0.326 e. The third-order valence-electron chi connectivity index (χ3n) is 3.16. The molecule has 1 aliphatic rings. The van der Waals surface area contributed by atoms with E-state index in [1.165, 1.54) is 4.90 Å². The van der Waals surface area contributed by atoms with Crippen molar-refractivity contribution in [2.45, 2.75) is 46.1 Å². The fourth-order valence-corrected chi connectivity index (χ4v) is 2.01. The van der Waals surface area contributed by atoms with Crippen LogP contribution in [-0.2, 0) is 14.4 Å². The Morgan fingerprint density at radius 1 is 1.32 bits per heavy atom. The number of amides is 2. The van der Waals surface area contributed by atoms with Gasteiger partial charge in [-0.2, -0.15) is 0 Å². The molecule has 0 aromatic carbocycles. The number of carbonyl (C=O) groups is 3. The molecule has 0 unspecified atom stereocenters. The van der Waals surface area contributed by atoms with E-state index in [1.807, 2.05) is 0 Å². The highest BCUT2D eigenvalue weighted by molar-refractivity contribution is 5.85. The van der Waals surface area contributed by atoms with Gasteiger partial charge in [0.15, 0.2) is 0 Å². The van der Waals surface area contributed by atoms with E-state index in [0.29, 0.717) is 13.0 Å². The first-order valence-corrected chi connectivity index (χ1v) is 6.54. The fraction of sp³-hybridized carbons (Fsp3) is 0.769. The Balaban J connectivity index is 2.40. The molecule has 1 heterocycles. The first-order chi connectivity index (χ1) is 8.73. The molecule has 6 heteroatoms. The zero-order valence-corrected chi connectivity index (χ0v) is 11.7. The number of carboxylic acid groups (broad SMARTS) is 1. The molecule has 1 atom stereocenters. The van der Waals surface area contributed by atoms with Crippen molar-refractivity contribution in [3.63, 3.8) is 0 Å². The summed E-state index contributed by atoms with van der Waals surface area (Å²) in [5.74, 6) is -1.28. The second-order valence-corrected chi connectivity index (χ2v) is 5.84. The van der Waals surface area contributed by atoms with Gasteiger partial charge in [-0.1, -0.05) is 20.8 Å². The molecule has 1 fully saturated rings. The molecule has 108 valence electrons. The van der Waals surface area contributed by atoms with E-state index < -0.39 is 17.4 Å². The normalized spacial score (nSPS) is 19.3. The van der Waals surface area contributed by atoms with Gasteiger partial charge in [-0.05, 0) is 12.8 Å². The number of rotatable bonds is 4. The molecule has 0 saturated carbocycles. The zero-order valence-electron chi connectivity index (χ0n) is 11.7. The maximum atomic E-state index is 11.9. The van der Waals surface area contributed by atoms with Gasteiger partial charge in [-0.3, -0.25) is 9.59 Å². The van der Waals surface area contributed by atoms with E-state index in [0.717, 1.165) is 6.42 Å². The summed E-state index contributed by atoms with van der Waals surface area (Å²) >= 11 is 0. The van der Waals surface area contributed by atoms with Gasteiger partial charge in [0.05, 0.1) is 0 Å². The molecular formula is C13H22N2O4. The van der Waals surface area contributed by atoms with Gasteiger partial charge in [-0.25, -0.2) is 4.79 Å². The van der Waals surface area contributed by atoms with Gasteiger partial charge in [-0.15, -0.1) is 0 Å². The predicted octanol–water partition coefficient (Wildman–Crippen LogP) is 0.614. The number of aliphatic carboxylic acids is 1. The predicted molar refractivity (Wildman–Crippen MR) is 69.5 cm³/mol. The first-order valence-electron chi connectivity index (χ1n) is 6.54. The van der Waals surface area contributed by atoms with Crippen molar-refractivity contribution in [2.75, 3.05) is 13.1 Å². The summed E-state index contributed by atoms with van der Waals surface area (Å²) in [5, 5.41) is 11.7. The molecule has 2 amide bonds. The van der Waals surface area contributed by atoms with Crippen LogP contribution in [0.2, 0.25) is 0 Å². The summed E-state index contributed by atoms with van der Waals surface area (Å²) in [7, 11) is 0. The Morgan fingerprint density at radius 3 is 2.47 bits per heavy atom. The molecule has 0 radical (unpaired) electrons. The largest absolute Gasteiger partial charge is 0.480 e. The third kappa shape index (κ3) is 4.22. The quantitative estimate of drug-likeness (QED) is 0.783. The van der Waals surface area contributed by atoms with Crippen molar-refractivity contribution >= 4 is 17.8 Å². The van der Waals surface area contributed by atoms with Crippen LogP contribution in [0.4, 0.5) is 0 Å². The monoisotopic (exact) mass is 270 g/mol. The molecular weight excluding hydrogens is 248 g/mol. The number of hydrogen-bond acceptors (Lipinski definition) is 3. The van der Waals surface area contributed by atoms with Crippen LogP contribution < -0.4 is 5.32 Å². The summed E-state index contributed by atoms with van der Waals surface area (Å²) in [6.07, 6.45) is 1.37. The van der Waals surface area contributed by atoms with E-state index in [9.17, 15) is 14.4 Å². The van der Waals surface area contributed by atoms with Crippen LogP contribution in [0.3, 0.4) is 0 Å². The van der Waals surface area contributed by atoms with E-state index in [2.05, 4.69) is 5.32 Å². The Labute approximate surface area is 113 Å². The molecule has 1 rings (SSSR count). The highest BCUT2D eigenvalue weighted by Gasteiger charge is 2.33. The Morgan fingerprint density at radius 2 is 1.95 bits per heavy atom. The maximum absolute atomic E-state index is 11.9. The van der Waals surface area contributed by atoms with E-state index in [4.69, 9.17) is 5.11 Å². The van der Waals surface area contributed by atoms with E-state index >= 15 is 0 Å². The summed E-state index contributed by atoms with van der Waals surface area (Å²) < 4.78 is 0. The van der Waals surface area contributed by atoms with Gasteiger partial charge < -0.3 is 15.3 Å². The zero-order chi connectivity index (χ0) is 14.6. The van der Waals surface area contributed by atoms with Crippen LogP contribution >= 0.6 is 0 Å². The molecule has 0 aromatic heterocycles. The number of carbonyl (C=O) groups excluding carboxylic acids is 2. The minimum absolute atomic E-state index is 0.114. The van der Waals surface area contributed by atoms with Gasteiger partial charge in [0.2, 0.25) is 11.8 Å². The van der Waals surface area contributed by atoms with Gasteiger partial charge >= 0.3 is 5.97 Å². The van der Waals surface area contributed by atoms with Crippen molar-refractivity contribution in [1.29, 1.82) is 0 Å². The summed E-state index contributed by atoms with van der Waals surface area (Å²) in [5.41, 5.74) is -0.486. The van der Waals surface area contributed by atoms with Gasteiger partial charge in [0.1, 0.15) is 6.04 Å². The summed E-state index contributed by atoms with van der Waals surface area (Å²) in [6.45, 7) is 6.13. The molecule has 0 aromatic rings. The van der Waals surface area contributed by atoms with Crippen molar-refractivity contribution in [3.05, 3.63) is 0 Å². The van der Waals surface area contributed by atoms with Gasteiger partial charge in [0, 0.05) is 24.9 Å². The Hall–Kier alpha value is -1.59. The number of carboxylic acids is 1. The molecule has 1 saturated heterocycles. The van der Waals surface area contributed by atoms with Crippen molar-refractivity contribution in [2.24, 2.45) is 5.41 Å². The average molecular weight is 270 g/mol. The highest BCUT2D eigenvalue weighted by Crippen LogP contribution is 2.18. The van der Waals surface area contributed by atoms with Crippen LogP contribution in [0.25, 0.3) is 0 Å². The molecule has 2 N–H and O–H groups in total. The number of likely N-dealkylation sites (tertiary alicyclic amines) is 1. The summed E-state index contributed by atoms with van der Waals surface area (Å²) in [4.78, 5) is 35.9. The lowest BCUT2D eigenvalue weighted by atomic mass is 9.96. The minimum Gasteiger partial charge on any atom is -0.480 e. The lowest BCUT2D eigenvalue weighted by Gasteiger charge is -2.22. The fourth-order valence-electron chi connectivity index (χ4n) is 2.01. The molecule has 0 spiro atoms. The average Bonchev–Trinajstić information content (AvgIpc) is 2.76. The second-order valence-electron chi connectivity index (χ2n) is 5.84. The van der Waals surface area contributed by atoms with Crippen molar-refractivity contribution in [3.8, 4) is 0 Å². The minimum atomic E-state index is -0.954. The number of nitrogens with zero attached hydrogens (tertiary/aromatic N) is 1. The topological polar surface area (TPSA) is 86.7 Å². The lowest BCUT2D eigenvalue weighted by Crippen LogP contribution is -2.42. The van der Waals surface area contributed by atoms with Crippen molar-refractivity contribution < 1.29 is 19.5 Å². The molecule has 6 nitrogen and oxygen atoms in total. The molecule has 19 heavy (non-hydrogen) atoms. The lowest BCUT2D eigenvalue weighted by molar-refractivity contribution is -0.148. The van der Waals surface area contributed by atoms with Crippen molar-refractivity contribution in [1.82, 2.24) is 10.2 Å². The first kappa shape index (κ1) is 15.5. The van der Waals surface area contributed by atoms with Crippen LogP contribution in [0.5, 0.6) is 0 Å². The number of nitrogens with one attached hydrogen (secondary N) is 1. The highest BCUT2D eigenvalue weighted by atomic mass is 16.4.